The topological polar surface area (TPSA) is 69.7 Å². The van der Waals surface area contributed by atoms with Gasteiger partial charge in [-0.1, -0.05) is 24.6 Å². The second kappa shape index (κ2) is 9.81. The van der Waals surface area contributed by atoms with Crippen molar-refractivity contribution < 1.29 is 14.4 Å². The van der Waals surface area contributed by atoms with E-state index in [1.54, 1.807) is 0 Å². The van der Waals surface area contributed by atoms with Crippen molar-refractivity contribution in [1.29, 1.82) is 0 Å². The summed E-state index contributed by atoms with van der Waals surface area (Å²) in [6, 6.07) is 9.25. The van der Waals surface area contributed by atoms with Crippen LogP contribution in [0.4, 0.5) is 0 Å². The fraction of sp³-hybridized carbons (Fsp3) is 0.526. The quantitative estimate of drug-likeness (QED) is 0.764. The van der Waals surface area contributed by atoms with Crippen molar-refractivity contribution in [2.45, 2.75) is 32.6 Å². The van der Waals surface area contributed by atoms with Gasteiger partial charge in [-0.3, -0.25) is 14.4 Å². The van der Waals surface area contributed by atoms with Gasteiger partial charge in [0.25, 0.3) is 5.91 Å². The molecule has 1 aliphatic rings. The molecule has 1 aliphatic heterocycles. The molecule has 0 radical (unpaired) electrons. The van der Waals surface area contributed by atoms with Crippen molar-refractivity contribution in [3.63, 3.8) is 0 Å². The number of nitrogens with zero attached hydrogens (tertiary/aromatic N) is 2. The number of benzene rings is 1. The molecule has 0 atom stereocenters. The Balaban J connectivity index is 1.65. The van der Waals surface area contributed by atoms with Crippen molar-refractivity contribution in [1.82, 2.24) is 15.1 Å². The van der Waals surface area contributed by atoms with E-state index in [9.17, 15) is 14.4 Å². The smallest absolute Gasteiger partial charge is 0.253 e. The van der Waals surface area contributed by atoms with Crippen molar-refractivity contribution in [3.8, 4) is 0 Å². The zero-order valence-electron chi connectivity index (χ0n) is 14.9. The minimum Gasteiger partial charge on any atom is -0.356 e. The minimum atomic E-state index is -0.0148. The number of hydrogen-bond donors (Lipinski definition) is 1. The van der Waals surface area contributed by atoms with Crippen LogP contribution in [0.25, 0.3) is 0 Å². The summed E-state index contributed by atoms with van der Waals surface area (Å²) >= 11 is 0. The summed E-state index contributed by atoms with van der Waals surface area (Å²) in [6.07, 6.45) is 3.19. The number of rotatable bonds is 7. The molecule has 3 amide bonds. The van der Waals surface area contributed by atoms with Crippen LogP contribution in [0.5, 0.6) is 0 Å². The molecule has 0 aromatic heterocycles. The van der Waals surface area contributed by atoms with E-state index in [1.165, 1.54) is 6.92 Å². The van der Waals surface area contributed by atoms with Gasteiger partial charge in [0.05, 0.1) is 0 Å². The Morgan fingerprint density at radius 2 is 1.56 bits per heavy atom. The fourth-order valence-electron chi connectivity index (χ4n) is 2.92. The minimum absolute atomic E-state index is 0.0148. The Morgan fingerprint density at radius 1 is 0.920 bits per heavy atom. The first-order valence-electron chi connectivity index (χ1n) is 8.94. The van der Waals surface area contributed by atoms with Gasteiger partial charge in [0.15, 0.2) is 0 Å². The van der Waals surface area contributed by atoms with E-state index >= 15 is 0 Å². The largest absolute Gasteiger partial charge is 0.356 e. The lowest BCUT2D eigenvalue weighted by atomic mass is 10.1. The predicted molar refractivity (Wildman–Crippen MR) is 96.1 cm³/mol. The molecule has 6 nitrogen and oxygen atoms in total. The highest BCUT2D eigenvalue weighted by Crippen LogP contribution is 2.11. The Kier molecular flexibility index (Phi) is 7.44. The maximum Gasteiger partial charge on any atom is 0.253 e. The molecule has 0 spiro atoms. The van der Waals surface area contributed by atoms with Crippen molar-refractivity contribution >= 4 is 17.7 Å². The van der Waals surface area contributed by atoms with Gasteiger partial charge in [-0.2, -0.15) is 0 Å². The highest BCUT2D eigenvalue weighted by Gasteiger charge is 2.24. The van der Waals surface area contributed by atoms with Crippen molar-refractivity contribution in [3.05, 3.63) is 35.9 Å². The highest BCUT2D eigenvalue weighted by atomic mass is 16.2. The van der Waals surface area contributed by atoms with Crippen LogP contribution in [0.1, 0.15) is 43.0 Å². The number of carbonyl (C=O) groups excluding carboxylic acids is 3. The van der Waals surface area contributed by atoms with E-state index in [0.29, 0.717) is 44.7 Å². The molecular formula is C19H27N3O3. The maximum atomic E-state index is 12.4. The lowest BCUT2D eigenvalue weighted by Gasteiger charge is -2.35. The van der Waals surface area contributed by atoms with E-state index in [4.69, 9.17) is 0 Å². The molecule has 6 heteroatoms. The zero-order chi connectivity index (χ0) is 18.1. The molecule has 25 heavy (non-hydrogen) atoms. The van der Waals surface area contributed by atoms with E-state index < -0.39 is 0 Å². The number of amides is 3. The Morgan fingerprint density at radius 3 is 2.20 bits per heavy atom. The third-order valence-electron chi connectivity index (χ3n) is 4.38. The molecule has 136 valence electrons. The molecule has 1 aromatic rings. The van der Waals surface area contributed by atoms with Crippen LogP contribution in [0, 0.1) is 0 Å². The predicted octanol–water partition coefficient (Wildman–Crippen LogP) is 1.67. The first-order chi connectivity index (χ1) is 12.1. The Hall–Kier alpha value is -2.37. The standard InChI is InChI=1S/C19H27N3O3/c1-16(23)20-11-7-3-6-10-18(24)21-12-14-22(15-13-21)19(25)17-8-4-2-5-9-17/h2,4-5,8-9H,3,6-7,10-15H2,1H3,(H,20,23). The molecule has 1 aromatic carbocycles. The van der Waals surface area contributed by atoms with Crippen LogP contribution in [-0.4, -0.2) is 60.2 Å². The van der Waals surface area contributed by atoms with E-state index in [0.717, 1.165) is 19.3 Å². The molecule has 1 fully saturated rings. The summed E-state index contributed by atoms with van der Waals surface area (Å²) in [5.74, 6) is 0.177. The second-order valence-electron chi connectivity index (χ2n) is 6.33. The van der Waals surface area contributed by atoms with Gasteiger partial charge in [-0.15, -0.1) is 0 Å². The summed E-state index contributed by atoms with van der Waals surface area (Å²) in [5, 5.41) is 2.75. The number of carbonyl (C=O) groups is 3. The molecule has 0 bridgehead atoms. The van der Waals surface area contributed by atoms with Crippen LogP contribution in [0.15, 0.2) is 30.3 Å². The molecule has 0 unspecified atom stereocenters. The molecule has 1 N–H and O–H groups in total. The SMILES string of the molecule is CC(=O)NCCCCCC(=O)N1CCN(C(=O)c2ccccc2)CC1. The molecule has 2 rings (SSSR count). The summed E-state index contributed by atoms with van der Waals surface area (Å²) in [7, 11) is 0. The number of piperazine rings is 1. The summed E-state index contributed by atoms with van der Waals surface area (Å²) in [4.78, 5) is 39.0. The van der Waals surface area contributed by atoms with Gasteiger partial charge < -0.3 is 15.1 Å². The van der Waals surface area contributed by atoms with Gasteiger partial charge in [0.1, 0.15) is 0 Å². The molecule has 1 heterocycles. The first-order valence-corrected chi connectivity index (χ1v) is 8.94. The normalized spacial score (nSPS) is 14.3. The maximum absolute atomic E-state index is 12.4. The van der Waals surface area contributed by atoms with Crippen LogP contribution in [-0.2, 0) is 9.59 Å². The fourth-order valence-corrected chi connectivity index (χ4v) is 2.92. The summed E-state index contributed by atoms with van der Waals surface area (Å²) < 4.78 is 0. The average molecular weight is 345 g/mol. The molecular weight excluding hydrogens is 318 g/mol. The zero-order valence-corrected chi connectivity index (χ0v) is 14.9. The van der Waals surface area contributed by atoms with Crippen molar-refractivity contribution in [2.75, 3.05) is 32.7 Å². The lowest BCUT2D eigenvalue weighted by Crippen LogP contribution is -2.50. The van der Waals surface area contributed by atoms with Gasteiger partial charge in [0.2, 0.25) is 11.8 Å². The summed E-state index contributed by atoms with van der Waals surface area (Å²) in [6.45, 7) is 4.55. The molecule has 0 aliphatic carbocycles. The van der Waals surface area contributed by atoms with Crippen LogP contribution < -0.4 is 5.32 Å². The van der Waals surface area contributed by atoms with E-state index in [-0.39, 0.29) is 17.7 Å². The van der Waals surface area contributed by atoms with Gasteiger partial charge in [-0.05, 0) is 25.0 Å². The van der Waals surface area contributed by atoms with Crippen LogP contribution in [0.2, 0.25) is 0 Å². The number of unbranched alkanes of at least 4 members (excludes halogenated alkanes) is 2. The van der Waals surface area contributed by atoms with E-state index in [1.807, 2.05) is 40.1 Å². The van der Waals surface area contributed by atoms with Gasteiger partial charge in [0, 0.05) is 51.6 Å². The third kappa shape index (κ3) is 6.21. The van der Waals surface area contributed by atoms with Crippen LogP contribution >= 0.6 is 0 Å². The Labute approximate surface area is 149 Å². The lowest BCUT2D eigenvalue weighted by molar-refractivity contribution is -0.132. The first kappa shape index (κ1) is 19.0. The van der Waals surface area contributed by atoms with E-state index in [2.05, 4.69) is 5.32 Å². The average Bonchev–Trinajstić information content (AvgIpc) is 2.64. The van der Waals surface area contributed by atoms with Crippen molar-refractivity contribution in [2.24, 2.45) is 0 Å². The monoisotopic (exact) mass is 345 g/mol. The Bertz CT molecular complexity index is 581. The third-order valence-corrected chi connectivity index (χ3v) is 4.38. The number of nitrogens with one attached hydrogen (secondary N) is 1. The number of hydrogen-bond acceptors (Lipinski definition) is 3. The second-order valence-corrected chi connectivity index (χ2v) is 6.33. The summed E-state index contributed by atoms with van der Waals surface area (Å²) in [5.41, 5.74) is 0.696. The molecule has 1 saturated heterocycles. The highest BCUT2D eigenvalue weighted by molar-refractivity contribution is 5.94. The van der Waals surface area contributed by atoms with Crippen LogP contribution in [0.3, 0.4) is 0 Å². The van der Waals surface area contributed by atoms with Gasteiger partial charge >= 0.3 is 0 Å². The molecule has 0 saturated carbocycles. The van der Waals surface area contributed by atoms with Gasteiger partial charge in [-0.25, -0.2) is 0 Å².